The van der Waals surface area contributed by atoms with E-state index in [1.807, 2.05) is 0 Å². The van der Waals surface area contributed by atoms with E-state index in [2.05, 4.69) is 48.3 Å². The van der Waals surface area contributed by atoms with E-state index < -0.39 is 0 Å². The molecule has 1 fully saturated rings. The molecule has 116 valence electrons. The van der Waals surface area contributed by atoms with Gasteiger partial charge in [0.05, 0.1) is 0 Å². The molecule has 1 saturated carbocycles. The summed E-state index contributed by atoms with van der Waals surface area (Å²) in [6, 6.07) is 9.00. The Balaban J connectivity index is 1.84. The molecule has 2 aliphatic rings. The summed E-state index contributed by atoms with van der Waals surface area (Å²) in [5.41, 5.74) is 3.31. The number of anilines is 1. The van der Waals surface area contributed by atoms with Gasteiger partial charge in [0, 0.05) is 30.9 Å². The van der Waals surface area contributed by atoms with Crippen molar-refractivity contribution in [3.8, 4) is 0 Å². The topological polar surface area (TPSA) is 15.3 Å². The molecule has 1 atom stereocenters. The molecule has 0 saturated heterocycles. The van der Waals surface area contributed by atoms with Crippen LogP contribution in [0.15, 0.2) is 24.3 Å². The molecule has 2 nitrogen and oxygen atoms in total. The molecular formula is C19H30N2. The Labute approximate surface area is 129 Å². The number of fused-ring (bicyclic) bond motifs is 1. The number of rotatable bonds is 4. The maximum Gasteiger partial charge on any atom is 0.0412 e. The van der Waals surface area contributed by atoms with Gasteiger partial charge in [-0.05, 0) is 36.8 Å². The van der Waals surface area contributed by atoms with Crippen LogP contribution in [0, 0.1) is 5.92 Å². The molecular weight excluding hydrogens is 256 g/mol. The minimum Gasteiger partial charge on any atom is -0.369 e. The molecule has 1 heterocycles. The average molecular weight is 286 g/mol. The van der Waals surface area contributed by atoms with E-state index in [0.717, 1.165) is 12.5 Å². The fourth-order valence-corrected chi connectivity index (χ4v) is 4.27. The molecule has 21 heavy (non-hydrogen) atoms. The van der Waals surface area contributed by atoms with Crippen molar-refractivity contribution in [3.63, 3.8) is 0 Å². The summed E-state index contributed by atoms with van der Waals surface area (Å²) in [4.78, 5) is 2.68. The van der Waals surface area contributed by atoms with Crippen molar-refractivity contribution >= 4 is 5.69 Å². The number of nitrogens with zero attached hydrogens (tertiary/aromatic N) is 1. The van der Waals surface area contributed by atoms with Crippen molar-refractivity contribution in [1.29, 1.82) is 0 Å². The average Bonchev–Trinajstić information content (AvgIpc) is 2.88. The Morgan fingerprint density at radius 1 is 1.24 bits per heavy atom. The van der Waals surface area contributed by atoms with E-state index in [4.69, 9.17) is 0 Å². The van der Waals surface area contributed by atoms with Crippen molar-refractivity contribution in [2.24, 2.45) is 5.92 Å². The van der Waals surface area contributed by atoms with Crippen molar-refractivity contribution in [1.82, 2.24) is 5.32 Å². The predicted octanol–water partition coefficient (Wildman–Crippen LogP) is 4.35. The molecule has 0 bridgehead atoms. The standard InChI is InChI=1S/C19H30N2/c1-3-8-16(2)14-21-15-19(11-6-7-12-19)20-13-17-9-4-5-10-18(17)21/h4-5,9-10,16,20H,3,6-8,11-15H2,1-2H3. The maximum atomic E-state index is 3.91. The molecule has 2 heteroatoms. The van der Waals surface area contributed by atoms with Crippen molar-refractivity contribution in [3.05, 3.63) is 29.8 Å². The van der Waals surface area contributed by atoms with Gasteiger partial charge in [0.2, 0.25) is 0 Å². The molecule has 1 unspecified atom stereocenters. The molecule has 1 N–H and O–H groups in total. The molecule has 1 aliphatic carbocycles. The third-order valence-electron chi connectivity index (χ3n) is 5.35. The van der Waals surface area contributed by atoms with Gasteiger partial charge >= 0.3 is 0 Å². The summed E-state index contributed by atoms with van der Waals surface area (Å²) >= 11 is 0. The summed E-state index contributed by atoms with van der Waals surface area (Å²) < 4.78 is 0. The second-order valence-corrected chi connectivity index (χ2v) is 7.24. The fraction of sp³-hybridized carbons (Fsp3) is 0.684. The van der Waals surface area contributed by atoms with Crippen molar-refractivity contribution in [2.45, 2.75) is 64.5 Å². The zero-order valence-corrected chi connectivity index (χ0v) is 13.7. The van der Waals surface area contributed by atoms with Gasteiger partial charge in [-0.3, -0.25) is 0 Å². The highest BCUT2D eigenvalue weighted by Crippen LogP contribution is 2.36. The fourth-order valence-electron chi connectivity index (χ4n) is 4.27. The lowest BCUT2D eigenvalue weighted by Gasteiger charge is -2.36. The van der Waals surface area contributed by atoms with Gasteiger partial charge < -0.3 is 10.2 Å². The van der Waals surface area contributed by atoms with Crippen molar-refractivity contribution in [2.75, 3.05) is 18.0 Å². The molecule has 0 aromatic heterocycles. The van der Waals surface area contributed by atoms with Crippen LogP contribution in [0.25, 0.3) is 0 Å². The van der Waals surface area contributed by atoms with Crippen LogP contribution in [0.4, 0.5) is 5.69 Å². The van der Waals surface area contributed by atoms with Crippen LogP contribution in [0.3, 0.4) is 0 Å². The normalized spacial score (nSPS) is 22.1. The molecule has 1 spiro atoms. The maximum absolute atomic E-state index is 3.91. The largest absolute Gasteiger partial charge is 0.369 e. The lowest BCUT2D eigenvalue weighted by atomic mass is 9.96. The Morgan fingerprint density at radius 2 is 2.00 bits per heavy atom. The Morgan fingerprint density at radius 3 is 2.76 bits per heavy atom. The van der Waals surface area contributed by atoms with Crippen LogP contribution in [0.5, 0.6) is 0 Å². The van der Waals surface area contributed by atoms with Gasteiger partial charge in [-0.1, -0.05) is 51.3 Å². The smallest absolute Gasteiger partial charge is 0.0412 e. The molecule has 1 aromatic carbocycles. The van der Waals surface area contributed by atoms with E-state index >= 15 is 0 Å². The third kappa shape index (κ3) is 3.26. The van der Waals surface area contributed by atoms with E-state index in [9.17, 15) is 0 Å². The van der Waals surface area contributed by atoms with Crippen LogP contribution in [0.1, 0.15) is 57.9 Å². The summed E-state index contributed by atoms with van der Waals surface area (Å²) in [6.45, 7) is 8.14. The summed E-state index contributed by atoms with van der Waals surface area (Å²) in [7, 11) is 0. The van der Waals surface area contributed by atoms with Gasteiger partial charge in [-0.25, -0.2) is 0 Å². The Hall–Kier alpha value is -1.02. The highest BCUT2D eigenvalue weighted by atomic mass is 15.2. The minimum atomic E-state index is 0.366. The zero-order valence-electron chi connectivity index (χ0n) is 13.7. The monoisotopic (exact) mass is 286 g/mol. The lowest BCUT2D eigenvalue weighted by molar-refractivity contribution is 0.332. The molecule has 3 rings (SSSR count). The molecule has 0 amide bonds. The predicted molar refractivity (Wildman–Crippen MR) is 90.8 cm³/mol. The van der Waals surface area contributed by atoms with Crippen molar-refractivity contribution < 1.29 is 0 Å². The number of nitrogens with one attached hydrogen (secondary N) is 1. The summed E-state index contributed by atoms with van der Waals surface area (Å²) in [5, 5.41) is 3.91. The first-order chi connectivity index (χ1) is 10.2. The summed E-state index contributed by atoms with van der Waals surface area (Å²) in [5.74, 6) is 0.777. The van der Waals surface area contributed by atoms with Crippen LogP contribution >= 0.6 is 0 Å². The van der Waals surface area contributed by atoms with E-state index in [1.165, 1.54) is 62.9 Å². The van der Waals surface area contributed by atoms with E-state index in [1.54, 1.807) is 0 Å². The number of hydrogen-bond acceptors (Lipinski definition) is 2. The molecule has 0 radical (unpaired) electrons. The van der Waals surface area contributed by atoms with E-state index in [-0.39, 0.29) is 0 Å². The summed E-state index contributed by atoms with van der Waals surface area (Å²) in [6.07, 6.45) is 8.10. The van der Waals surface area contributed by atoms with Crippen LogP contribution in [-0.2, 0) is 6.54 Å². The minimum absolute atomic E-state index is 0.366. The van der Waals surface area contributed by atoms with Gasteiger partial charge in [-0.15, -0.1) is 0 Å². The highest BCUT2D eigenvalue weighted by molar-refractivity contribution is 5.55. The first kappa shape index (κ1) is 14.9. The second-order valence-electron chi connectivity index (χ2n) is 7.24. The van der Waals surface area contributed by atoms with E-state index in [0.29, 0.717) is 5.54 Å². The first-order valence-corrected chi connectivity index (χ1v) is 8.80. The van der Waals surface area contributed by atoms with Gasteiger partial charge in [0.25, 0.3) is 0 Å². The zero-order chi connectivity index (χ0) is 14.7. The number of para-hydroxylation sites is 1. The van der Waals surface area contributed by atoms with Crippen LogP contribution in [0.2, 0.25) is 0 Å². The van der Waals surface area contributed by atoms with Gasteiger partial charge in [0.15, 0.2) is 0 Å². The van der Waals surface area contributed by atoms with Gasteiger partial charge in [0.1, 0.15) is 0 Å². The SMILES string of the molecule is CCCC(C)CN1CC2(CCCC2)NCc2ccccc21. The first-order valence-electron chi connectivity index (χ1n) is 8.80. The Kier molecular flexibility index (Phi) is 4.54. The number of benzene rings is 1. The molecule has 1 aromatic rings. The third-order valence-corrected chi connectivity index (χ3v) is 5.35. The number of hydrogen-bond donors (Lipinski definition) is 1. The lowest BCUT2D eigenvalue weighted by Crippen LogP contribution is -2.50. The quantitative estimate of drug-likeness (QED) is 0.885. The van der Waals surface area contributed by atoms with Crippen LogP contribution in [-0.4, -0.2) is 18.6 Å². The van der Waals surface area contributed by atoms with Gasteiger partial charge in [-0.2, -0.15) is 0 Å². The second kappa shape index (κ2) is 6.39. The molecule has 1 aliphatic heterocycles. The Bertz CT molecular complexity index is 462. The van der Waals surface area contributed by atoms with Crippen LogP contribution < -0.4 is 10.2 Å². The highest BCUT2D eigenvalue weighted by Gasteiger charge is 2.37.